The molecule has 2 rings (SSSR count). The van der Waals surface area contributed by atoms with Gasteiger partial charge in [-0.2, -0.15) is 4.31 Å². The van der Waals surface area contributed by atoms with Gasteiger partial charge < -0.3 is 9.84 Å². The van der Waals surface area contributed by atoms with E-state index in [1.807, 2.05) is 0 Å². The summed E-state index contributed by atoms with van der Waals surface area (Å²) in [6.45, 7) is 0.882. The van der Waals surface area contributed by atoms with E-state index in [0.717, 1.165) is 6.07 Å². The first-order valence-electron chi connectivity index (χ1n) is 5.92. The van der Waals surface area contributed by atoms with E-state index in [0.29, 0.717) is 24.1 Å². The van der Waals surface area contributed by atoms with E-state index in [-0.39, 0.29) is 16.5 Å². The molecule has 1 heterocycles. The molecule has 8 heteroatoms. The molecule has 1 N–H and O–H groups in total. The van der Waals surface area contributed by atoms with E-state index < -0.39 is 16.0 Å². The van der Waals surface area contributed by atoms with E-state index in [1.54, 1.807) is 0 Å². The van der Waals surface area contributed by atoms with Gasteiger partial charge in [-0.3, -0.25) is 0 Å². The van der Waals surface area contributed by atoms with Gasteiger partial charge in [0, 0.05) is 18.1 Å². The van der Waals surface area contributed by atoms with Crippen LogP contribution in [0.25, 0.3) is 0 Å². The lowest BCUT2D eigenvalue weighted by molar-refractivity contribution is 0.0696. The summed E-state index contributed by atoms with van der Waals surface area (Å²) in [6.07, 6.45) is 0.631. The van der Waals surface area contributed by atoms with Crippen molar-refractivity contribution in [1.82, 2.24) is 4.31 Å². The fourth-order valence-corrected chi connectivity index (χ4v) is 4.31. The van der Waals surface area contributed by atoms with Crippen molar-refractivity contribution in [2.24, 2.45) is 0 Å². The maximum atomic E-state index is 12.6. The van der Waals surface area contributed by atoms with Crippen LogP contribution >= 0.6 is 15.9 Å². The number of hydrogen-bond acceptors (Lipinski definition) is 4. The minimum absolute atomic E-state index is 0.0493. The number of halogens is 1. The molecule has 0 bridgehead atoms. The summed E-state index contributed by atoms with van der Waals surface area (Å²) < 4.78 is 31.9. The van der Waals surface area contributed by atoms with Crippen molar-refractivity contribution in [3.63, 3.8) is 0 Å². The van der Waals surface area contributed by atoms with Crippen molar-refractivity contribution >= 4 is 31.9 Å². The third-order valence-electron chi connectivity index (χ3n) is 3.26. The number of nitrogens with zero attached hydrogens (tertiary/aromatic N) is 1. The number of sulfonamides is 1. The van der Waals surface area contributed by atoms with Crippen molar-refractivity contribution < 1.29 is 23.1 Å². The maximum absolute atomic E-state index is 12.6. The summed E-state index contributed by atoms with van der Waals surface area (Å²) in [5, 5.41) is 8.97. The number of carboxylic acid groups (broad SMARTS) is 1. The van der Waals surface area contributed by atoms with Gasteiger partial charge in [0.2, 0.25) is 10.0 Å². The molecule has 1 aliphatic rings. The Kier molecular flexibility index (Phi) is 4.48. The zero-order chi connectivity index (χ0) is 14.9. The first kappa shape index (κ1) is 15.4. The van der Waals surface area contributed by atoms with Crippen LogP contribution in [0.15, 0.2) is 27.6 Å². The minimum Gasteiger partial charge on any atom is -0.478 e. The molecule has 1 saturated heterocycles. The molecule has 0 spiro atoms. The molecule has 1 aromatic carbocycles. The lowest BCUT2D eigenvalue weighted by atomic mass is 10.2. The number of carbonyl (C=O) groups is 1. The van der Waals surface area contributed by atoms with Gasteiger partial charge in [-0.05, 0) is 40.5 Å². The zero-order valence-electron chi connectivity index (χ0n) is 10.7. The Morgan fingerprint density at radius 1 is 1.50 bits per heavy atom. The topological polar surface area (TPSA) is 83.9 Å². The van der Waals surface area contributed by atoms with Gasteiger partial charge in [0.1, 0.15) is 0 Å². The highest BCUT2D eigenvalue weighted by atomic mass is 79.9. The quantitative estimate of drug-likeness (QED) is 0.877. The molecule has 6 nitrogen and oxygen atoms in total. The fraction of sp³-hybridized carbons (Fsp3) is 0.417. The summed E-state index contributed by atoms with van der Waals surface area (Å²) in [6, 6.07) is 3.72. The van der Waals surface area contributed by atoms with Gasteiger partial charge in [-0.15, -0.1) is 0 Å². The molecule has 110 valence electrons. The lowest BCUT2D eigenvalue weighted by Crippen LogP contribution is -2.37. The van der Waals surface area contributed by atoms with Crippen LogP contribution in [0.5, 0.6) is 0 Å². The molecule has 0 saturated carbocycles. The molecule has 0 aliphatic carbocycles. The third-order valence-corrected chi connectivity index (χ3v) is 6.16. The number of benzene rings is 1. The molecule has 0 aromatic heterocycles. The molecule has 0 amide bonds. The Labute approximate surface area is 125 Å². The molecule has 1 aliphatic heterocycles. The van der Waals surface area contributed by atoms with Crippen LogP contribution in [0.1, 0.15) is 16.8 Å². The molecule has 1 atom stereocenters. The Balaban J connectivity index is 2.42. The Bertz CT molecular complexity index is 625. The normalized spacial score (nSPS) is 19.4. The van der Waals surface area contributed by atoms with E-state index in [9.17, 15) is 13.2 Å². The second-order valence-corrected chi connectivity index (χ2v) is 7.31. The second-order valence-electron chi connectivity index (χ2n) is 4.49. The van der Waals surface area contributed by atoms with Crippen LogP contribution in [0.3, 0.4) is 0 Å². The largest absolute Gasteiger partial charge is 0.478 e. The first-order chi connectivity index (χ1) is 9.34. The number of ether oxygens (including phenoxy) is 1. The van der Waals surface area contributed by atoms with Crippen LogP contribution < -0.4 is 0 Å². The van der Waals surface area contributed by atoms with Crippen molar-refractivity contribution in [2.45, 2.75) is 17.4 Å². The van der Waals surface area contributed by atoms with Crippen LogP contribution in [0.2, 0.25) is 0 Å². The average Bonchev–Trinajstić information content (AvgIpc) is 2.91. The maximum Gasteiger partial charge on any atom is 0.335 e. The van der Waals surface area contributed by atoms with Crippen LogP contribution in [-0.2, 0) is 14.8 Å². The monoisotopic (exact) mass is 363 g/mol. The molecule has 0 radical (unpaired) electrons. The Hall–Kier alpha value is -0.960. The number of rotatable bonds is 4. The Morgan fingerprint density at radius 2 is 2.20 bits per heavy atom. The second kappa shape index (κ2) is 5.80. The van der Waals surface area contributed by atoms with Gasteiger partial charge in [0.25, 0.3) is 0 Å². The van der Waals surface area contributed by atoms with Crippen molar-refractivity contribution in [3.8, 4) is 0 Å². The molecular formula is C12H14BrNO5S. The minimum atomic E-state index is -3.77. The van der Waals surface area contributed by atoms with E-state index >= 15 is 0 Å². The first-order valence-corrected chi connectivity index (χ1v) is 8.16. The standard InChI is InChI=1S/C12H14BrNO5S/c1-14(9-4-5-19-7-9)20(17,18)11-6-8(12(15)16)2-3-10(11)13/h2-3,6,9H,4-5,7H2,1H3,(H,15,16). The number of carboxylic acids is 1. The van der Waals surface area contributed by atoms with Gasteiger partial charge in [0.15, 0.2) is 0 Å². The predicted molar refractivity (Wildman–Crippen MR) is 75.3 cm³/mol. The molecule has 20 heavy (non-hydrogen) atoms. The smallest absolute Gasteiger partial charge is 0.335 e. The highest BCUT2D eigenvalue weighted by Gasteiger charge is 2.32. The highest BCUT2D eigenvalue weighted by molar-refractivity contribution is 9.10. The van der Waals surface area contributed by atoms with Gasteiger partial charge >= 0.3 is 5.97 Å². The molecule has 1 unspecified atom stereocenters. The van der Waals surface area contributed by atoms with E-state index in [4.69, 9.17) is 9.84 Å². The highest BCUT2D eigenvalue weighted by Crippen LogP contribution is 2.28. The van der Waals surface area contributed by atoms with Crippen molar-refractivity contribution in [2.75, 3.05) is 20.3 Å². The Morgan fingerprint density at radius 3 is 2.75 bits per heavy atom. The number of aromatic carboxylic acids is 1. The van der Waals surface area contributed by atoms with Crippen LogP contribution in [0, 0.1) is 0 Å². The van der Waals surface area contributed by atoms with Gasteiger partial charge in [-0.1, -0.05) is 0 Å². The average molecular weight is 364 g/mol. The third kappa shape index (κ3) is 2.88. The summed E-state index contributed by atoms with van der Waals surface area (Å²) >= 11 is 3.16. The van der Waals surface area contributed by atoms with Crippen molar-refractivity contribution in [3.05, 3.63) is 28.2 Å². The molecule has 1 aromatic rings. The summed E-state index contributed by atoms with van der Waals surface area (Å²) in [4.78, 5) is 10.9. The van der Waals surface area contributed by atoms with Crippen LogP contribution in [0.4, 0.5) is 0 Å². The zero-order valence-corrected chi connectivity index (χ0v) is 13.1. The van der Waals surface area contributed by atoms with Crippen molar-refractivity contribution in [1.29, 1.82) is 0 Å². The van der Waals surface area contributed by atoms with Gasteiger partial charge in [0.05, 0.1) is 23.1 Å². The summed E-state index contributed by atoms with van der Waals surface area (Å²) in [7, 11) is -2.29. The van der Waals surface area contributed by atoms with Crippen LogP contribution in [-0.4, -0.2) is 50.1 Å². The summed E-state index contributed by atoms with van der Waals surface area (Å²) in [5.41, 5.74) is -0.0668. The SMILES string of the molecule is CN(C1CCOC1)S(=O)(=O)c1cc(C(=O)O)ccc1Br. The van der Waals surface area contributed by atoms with E-state index in [2.05, 4.69) is 15.9 Å². The van der Waals surface area contributed by atoms with Gasteiger partial charge in [-0.25, -0.2) is 13.2 Å². The van der Waals surface area contributed by atoms with E-state index in [1.165, 1.54) is 23.5 Å². The number of likely N-dealkylation sites (N-methyl/N-ethyl adjacent to an activating group) is 1. The summed E-state index contributed by atoms with van der Waals surface area (Å²) in [5.74, 6) is -1.17. The predicted octanol–water partition coefficient (Wildman–Crippen LogP) is 1.56. The lowest BCUT2D eigenvalue weighted by Gasteiger charge is -2.23. The number of hydrogen-bond donors (Lipinski definition) is 1. The molecule has 1 fully saturated rings. The molecular weight excluding hydrogens is 350 g/mol. The fourth-order valence-electron chi connectivity index (χ4n) is 1.99.